The molecule has 0 aliphatic heterocycles. The van der Waals surface area contributed by atoms with Crippen LogP contribution in [0.5, 0.6) is 0 Å². The Morgan fingerprint density at radius 2 is 2.05 bits per heavy atom. The van der Waals surface area contributed by atoms with Crippen LogP contribution in [0.2, 0.25) is 4.34 Å². The number of Topliss-reactive ketones (excluding diaryl/α,β-unsaturated/α-hetero) is 1. The third-order valence-electron chi connectivity index (χ3n) is 2.81. The molecule has 2 rings (SSSR count). The van der Waals surface area contributed by atoms with Crippen LogP contribution >= 0.6 is 34.3 Å². The molecule has 0 amide bonds. The van der Waals surface area contributed by atoms with E-state index in [1.165, 1.54) is 9.75 Å². The van der Waals surface area contributed by atoms with Crippen molar-refractivity contribution >= 4 is 40.1 Å². The van der Waals surface area contributed by atoms with E-state index in [2.05, 4.69) is 0 Å². The smallest absolute Gasteiger partial charge is 0.177 e. The molecule has 0 N–H and O–H groups in total. The fourth-order valence-corrected chi connectivity index (χ4v) is 4.11. The Balaban J connectivity index is 1.97. The molecule has 0 atom stereocenters. The molecule has 2 aromatic heterocycles. The second kappa shape index (κ2) is 6.18. The Morgan fingerprint density at radius 1 is 1.32 bits per heavy atom. The van der Waals surface area contributed by atoms with Crippen molar-refractivity contribution in [3.8, 4) is 0 Å². The summed E-state index contributed by atoms with van der Waals surface area (Å²) in [6, 6.07) is 5.88. The van der Waals surface area contributed by atoms with Gasteiger partial charge in [-0.05, 0) is 39.1 Å². The lowest BCUT2D eigenvalue weighted by molar-refractivity contribution is 0.0943. The fourth-order valence-electron chi connectivity index (χ4n) is 2.00. The van der Waals surface area contributed by atoms with Crippen molar-refractivity contribution in [1.29, 1.82) is 0 Å². The molecule has 0 aromatic carbocycles. The zero-order chi connectivity index (χ0) is 14.0. The van der Waals surface area contributed by atoms with Crippen LogP contribution in [0.15, 0.2) is 18.2 Å². The normalized spacial score (nSPS) is 11.2. The first-order valence-electron chi connectivity index (χ1n) is 5.98. The van der Waals surface area contributed by atoms with E-state index in [0.717, 1.165) is 21.3 Å². The van der Waals surface area contributed by atoms with Crippen molar-refractivity contribution in [2.45, 2.75) is 20.4 Å². The summed E-state index contributed by atoms with van der Waals surface area (Å²) in [6.45, 7) is 5.23. The van der Waals surface area contributed by atoms with Gasteiger partial charge in [-0.25, -0.2) is 0 Å². The largest absolute Gasteiger partial charge is 0.294 e. The van der Waals surface area contributed by atoms with E-state index in [4.69, 9.17) is 11.6 Å². The highest BCUT2D eigenvalue weighted by Crippen LogP contribution is 2.23. The third-order valence-corrected chi connectivity index (χ3v) is 4.99. The van der Waals surface area contributed by atoms with Gasteiger partial charge in [0.2, 0.25) is 0 Å². The molecule has 0 fully saturated rings. The second-order valence-corrected chi connectivity index (χ2v) is 7.89. The fraction of sp³-hybridized carbons (Fsp3) is 0.357. The van der Waals surface area contributed by atoms with Crippen molar-refractivity contribution in [3.05, 3.63) is 42.7 Å². The van der Waals surface area contributed by atoms with Gasteiger partial charge in [-0.15, -0.1) is 22.7 Å². The maximum atomic E-state index is 12.2. The van der Waals surface area contributed by atoms with Gasteiger partial charge in [-0.3, -0.25) is 9.69 Å². The van der Waals surface area contributed by atoms with E-state index in [1.54, 1.807) is 22.7 Å². The first-order chi connectivity index (χ1) is 8.95. The van der Waals surface area contributed by atoms with Gasteiger partial charge in [0.1, 0.15) is 0 Å². The number of halogens is 1. The van der Waals surface area contributed by atoms with Crippen LogP contribution in [-0.4, -0.2) is 24.3 Å². The van der Waals surface area contributed by atoms with Crippen molar-refractivity contribution in [2.75, 3.05) is 13.6 Å². The molecule has 0 saturated carbocycles. The number of nitrogens with zero attached hydrogens (tertiary/aromatic N) is 1. The zero-order valence-electron chi connectivity index (χ0n) is 11.2. The van der Waals surface area contributed by atoms with Crippen LogP contribution in [0, 0.1) is 13.8 Å². The number of ketones is 1. The molecule has 0 aliphatic rings. The first kappa shape index (κ1) is 14.7. The van der Waals surface area contributed by atoms with Gasteiger partial charge >= 0.3 is 0 Å². The van der Waals surface area contributed by atoms with Crippen LogP contribution < -0.4 is 0 Å². The van der Waals surface area contributed by atoms with Crippen molar-refractivity contribution in [1.82, 2.24) is 4.90 Å². The number of rotatable bonds is 5. The summed E-state index contributed by atoms with van der Waals surface area (Å²) >= 11 is 9.14. The molecule has 0 bridgehead atoms. The second-order valence-electron chi connectivity index (χ2n) is 4.63. The van der Waals surface area contributed by atoms with Gasteiger partial charge in [0.25, 0.3) is 0 Å². The van der Waals surface area contributed by atoms with Gasteiger partial charge in [0.05, 0.1) is 10.9 Å². The monoisotopic (exact) mass is 313 g/mol. The minimum atomic E-state index is 0.187. The van der Waals surface area contributed by atoms with Crippen LogP contribution in [0.3, 0.4) is 0 Å². The topological polar surface area (TPSA) is 20.3 Å². The Morgan fingerprint density at radius 3 is 2.58 bits per heavy atom. The third kappa shape index (κ3) is 3.89. The summed E-state index contributed by atoms with van der Waals surface area (Å²) in [5, 5.41) is 0. The standard InChI is InChI=1S/C14H16ClNOS2/c1-9-6-12(10(2)18-9)13(17)8-16(3)7-11-4-5-14(15)19-11/h4-6H,7-8H2,1-3H3. The molecular formula is C14H16ClNOS2. The number of hydrogen-bond acceptors (Lipinski definition) is 4. The van der Waals surface area contributed by atoms with Gasteiger partial charge in [-0.1, -0.05) is 11.6 Å². The lowest BCUT2D eigenvalue weighted by atomic mass is 10.1. The van der Waals surface area contributed by atoms with Crippen molar-refractivity contribution in [3.63, 3.8) is 0 Å². The highest BCUT2D eigenvalue weighted by molar-refractivity contribution is 7.16. The number of likely N-dealkylation sites (N-methyl/N-ethyl adjacent to an activating group) is 1. The molecule has 0 saturated heterocycles. The van der Waals surface area contributed by atoms with E-state index in [9.17, 15) is 4.79 Å². The van der Waals surface area contributed by atoms with Crippen LogP contribution in [0.4, 0.5) is 0 Å². The maximum Gasteiger partial charge on any atom is 0.177 e. The predicted molar refractivity (Wildman–Crippen MR) is 83.8 cm³/mol. The molecule has 2 nitrogen and oxygen atoms in total. The summed E-state index contributed by atoms with van der Waals surface area (Å²) in [4.78, 5) is 17.7. The minimum absolute atomic E-state index is 0.187. The molecule has 2 heterocycles. The molecule has 0 radical (unpaired) electrons. The number of carbonyl (C=O) groups is 1. The Labute approximate surface area is 126 Å². The molecule has 19 heavy (non-hydrogen) atoms. The maximum absolute atomic E-state index is 12.2. The Hall–Kier alpha value is -0.680. The number of hydrogen-bond donors (Lipinski definition) is 0. The highest BCUT2D eigenvalue weighted by Gasteiger charge is 2.14. The molecular weight excluding hydrogens is 298 g/mol. The first-order valence-corrected chi connectivity index (χ1v) is 8.00. The molecule has 0 unspecified atom stereocenters. The molecule has 0 spiro atoms. The predicted octanol–water partition coefficient (Wildman–Crippen LogP) is 4.39. The number of aryl methyl sites for hydroxylation is 2. The van der Waals surface area contributed by atoms with Crippen molar-refractivity contribution < 1.29 is 4.79 Å². The minimum Gasteiger partial charge on any atom is -0.294 e. The van der Waals surface area contributed by atoms with Crippen molar-refractivity contribution in [2.24, 2.45) is 0 Å². The zero-order valence-corrected chi connectivity index (χ0v) is 13.6. The van der Waals surface area contributed by atoms with E-state index >= 15 is 0 Å². The Bertz CT molecular complexity index is 588. The van der Waals surface area contributed by atoms with Crippen LogP contribution in [0.25, 0.3) is 0 Å². The van der Waals surface area contributed by atoms with Gasteiger partial charge < -0.3 is 0 Å². The van der Waals surface area contributed by atoms with E-state index in [0.29, 0.717) is 6.54 Å². The van der Waals surface area contributed by atoms with E-state index < -0.39 is 0 Å². The molecule has 0 aliphatic carbocycles. The summed E-state index contributed by atoms with van der Waals surface area (Å²) in [6.07, 6.45) is 0. The van der Waals surface area contributed by atoms with Gasteiger partial charge in [-0.2, -0.15) is 0 Å². The lowest BCUT2D eigenvalue weighted by Crippen LogP contribution is -2.25. The summed E-state index contributed by atoms with van der Waals surface area (Å²) < 4.78 is 0.791. The molecule has 5 heteroatoms. The van der Waals surface area contributed by atoms with Crippen LogP contribution in [-0.2, 0) is 6.54 Å². The molecule has 102 valence electrons. The lowest BCUT2D eigenvalue weighted by Gasteiger charge is -2.14. The SMILES string of the molecule is Cc1cc(C(=O)CN(C)Cc2ccc(Cl)s2)c(C)s1. The van der Waals surface area contributed by atoms with E-state index in [1.807, 2.05) is 44.0 Å². The quantitative estimate of drug-likeness (QED) is 0.763. The van der Waals surface area contributed by atoms with Crippen LogP contribution in [0.1, 0.15) is 25.0 Å². The number of thiophene rings is 2. The summed E-state index contributed by atoms with van der Waals surface area (Å²) in [5.41, 5.74) is 0.860. The number of carbonyl (C=O) groups excluding carboxylic acids is 1. The van der Waals surface area contributed by atoms with E-state index in [-0.39, 0.29) is 5.78 Å². The highest BCUT2D eigenvalue weighted by atomic mass is 35.5. The van der Waals surface area contributed by atoms with Gasteiger partial charge in [0.15, 0.2) is 5.78 Å². The average molecular weight is 314 g/mol. The Kier molecular flexibility index (Phi) is 4.79. The molecule has 2 aromatic rings. The summed E-state index contributed by atoms with van der Waals surface area (Å²) in [7, 11) is 1.96. The average Bonchev–Trinajstić information content (AvgIpc) is 2.84. The van der Waals surface area contributed by atoms with Gasteiger partial charge in [0, 0.05) is 26.7 Å². The summed E-state index contributed by atoms with van der Waals surface area (Å²) in [5.74, 6) is 0.187.